The first-order valence-corrected chi connectivity index (χ1v) is 14.0. The van der Waals surface area contributed by atoms with Crippen molar-refractivity contribution in [2.75, 3.05) is 23.0 Å². The number of hydrogen-bond acceptors (Lipinski definition) is 8. The zero-order valence-electron chi connectivity index (χ0n) is 20.8. The minimum atomic E-state index is -3.59. The van der Waals surface area contributed by atoms with Crippen LogP contribution < -0.4 is 19.7 Å². The van der Waals surface area contributed by atoms with Crippen LogP contribution in [-0.4, -0.2) is 36.8 Å². The summed E-state index contributed by atoms with van der Waals surface area (Å²) in [5.74, 6) is 1.42. The first-order chi connectivity index (χ1) is 18.6. The van der Waals surface area contributed by atoms with Crippen molar-refractivity contribution in [1.29, 1.82) is 0 Å². The first-order valence-electron chi connectivity index (χ1n) is 11.7. The topological polar surface area (TPSA) is 140 Å². The number of non-ortho nitro benzene ring substituents is 1. The summed E-state index contributed by atoms with van der Waals surface area (Å²) in [5.41, 5.74) is 2.23. The minimum absolute atomic E-state index is 0.0183. The van der Waals surface area contributed by atoms with Crippen LogP contribution in [0, 0.1) is 10.1 Å². The Morgan fingerprint density at radius 3 is 2.54 bits per heavy atom. The lowest BCUT2D eigenvalue weighted by atomic mass is 10.0. The average molecular weight is 566 g/mol. The SMILES string of the molecule is COc1ccc(N2C(=S)N[C@@H](c3ccccn3)[C@H]2c2ccc(-c3ccc([N+](=O)[O-])cc3)o2)cc1NS(C)(=O)=O. The number of nitro groups is 1. The molecule has 0 bridgehead atoms. The molecule has 0 amide bonds. The van der Waals surface area contributed by atoms with Crippen LogP contribution >= 0.6 is 12.2 Å². The van der Waals surface area contributed by atoms with Crippen molar-refractivity contribution in [1.82, 2.24) is 10.3 Å². The molecule has 1 fully saturated rings. The Labute approximate surface area is 229 Å². The van der Waals surface area contributed by atoms with E-state index in [1.807, 2.05) is 29.2 Å². The summed E-state index contributed by atoms with van der Waals surface area (Å²) in [6.45, 7) is 0. The molecule has 0 unspecified atom stereocenters. The molecule has 200 valence electrons. The Bertz CT molecular complexity index is 1640. The molecule has 3 heterocycles. The van der Waals surface area contributed by atoms with Gasteiger partial charge in [-0.25, -0.2) is 8.42 Å². The molecular weight excluding hydrogens is 542 g/mol. The highest BCUT2D eigenvalue weighted by molar-refractivity contribution is 7.92. The predicted octanol–water partition coefficient (Wildman–Crippen LogP) is 4.81. The fraction of sp³-hybridized carbons (Fsp3) is 0.154. The largest absolute Gasteiger partial charge is 0.495 e. The van der Waals surface area contributed by atoms with E-state index in [4.69, 9.17) is 21.4 Å². The predicted molar refractivity (Wildman–Crippen MR) is 150 cm³/mol. The molecule has 2 aromatic carbocycles. The molecule has 13 heteroatoms. The van der Waals surface area contributed by atoms with Gasteiger partial charge in [0.2, 0.25) is 10.0 Å². The van der Waals surface area contributed by atoms with Crippen LogP contribution in [0.3, 0.4) is 0 Å². The van der Waals surface area contributed by atoms with Gasteiger partial charge in [-0.3, -0.25) is 19.8 Å². The monoisotopic (exact) mass is 565 g/mol. The van der Waals surface area contributed by atoms with Gasteiger partial charge in [0.1, 0.15) is 23.3 Å². The molecule has 0 radical (unpaired) electrons. The van der Waals surface area contributed by atoms with Gasteiger partial charge in [-0.2, -0.15) is 0 Å². The number of nitrogens with one attached hydrogen (secondary N) is 2. The van der Waals surface area contributed by atoms with Crippen LogP contribution in [0.4, 0.5) is 17.1 Å². The maximum Gasteiger partial charge on any atom is 0.269 e. The lowest BCUT2D eigenvalue weighted by molar-refractivity contribution is -0.384. The Morgan fingerprint density at radius 1 is 1.13 bits per heavy atom. The van der Waals surface area contributed by atoms with E-state index < -0.39 is 27.0 Å². The van der Waals surface area contributed by atoms with E-state index in [2.05, 4.69) is 15.0 Å². The third kappa shape index (κ3) is 5.40. The molecule has 11 nitrogen and oxygen atoms in total. The zero-order valence-corrected chi connectivity index (χ0v) is 22.4. The molecule has 5 rings (SSSR count). The van der Waals surface area contributed by atoms with Crippen molar-refractivity contribution < 1.29 is 22.5 Å². The van der Waals surface area contributed by atoms with Crippen LogP contribution in [0.2, 0.25) is 0 Å². The van der Waals surface area contributed by atoms with E-state index >= 15 is 0 Å². The second-order valence-electron chi connectivity index (χ2n) is 8.76. The lowest BCUT2D eigenvalue weighted by Crippen LogP contribution is -2.29. The number of benzene rings is 2. The maximum atomic E-state index is 12.0. The lowest BCUT2D eigenvalue weighted by Gasteiger charge is -2.27. The second kappa shape index (κ2) is 10.3. The molecule has 39 heavy (non-hydrogen) atoms. The number of thiocarbonyl (C=S) groups is 1. The van der Waals surface area contributed by atoms with E-state index in [0.717, 1.165) is 11.9 Å². The van der Waals surface area contributed by atoms with Gasteiger partial charge in [-0.1, -0.05) is 6.07 Å². The van der Waals surface area contributed by atoms with Crippen LogP contribution in [0.15, 0.2) is 83.4 Å². The summed E-state index contributed by atoms with van der Waals surface area (Å²) < 4.78 is 38.1. The Morgan fingerprint density at radius 2 is 1.90 bits per heavy atom. The third-order valence-corrected chi connectivity index (χ3v) is 7.04. The number of hydrogen-bond donors (Lipinski definition) is 2. The van der Waals surface area contributed by atoms with E-state index in [0.29, 0.717) is 33.6 Å². The molecule has 4 aromatic rings. The molecular formula is C26H23N5O6S2. The summed E-state index contributed by atoms with van der Waals surface area (Å²) in [7, 11) is -2.14. The van der Waals surface area contributed by atoms with Crippen molar-refractivity contribution >= 4 is 44.4 Å². The fourth-order valence-corrected chi connectivity index (χ4v) is 5.37. The number of nitrogens with zero attached hydrogens (tertiary/aromatic N) is 3. The van der Waals surface area contributed by atoms with E-state index in [9.17, 15) is 18.5 Å². The standard InChI is InChI=1S/C26H23N5O6S2/c1-36-22-11-10-18(15-20(22)29-39(2,34)35)30-25(24(28-26(30)38)19-5-3-4-14-27-19)23-13-12-21(37-23)16-6-8-17(9-7-16)31(32)33/h3-15,24-25,29H,1-2H3,(H,28,38)/t24-,25+/m0/s1. The van der Waals surface area contributed by atoms with E-state index in [1.165, 1.54) is 19.2 Å². The van der Waals surface area contributed by atoms with Gasteiger partial charge in [0.15, 0.2) is 5.11 Å². The number of pyridine rings is 1. The van der Waals surface area contributed by atoms with Crippen molar-refractivity contribution in [3.8, 4) is 17.1 Å². The number of sulfonamides is 1. The smallest absolute Gasteiger partial charge is 0.269 e. The van der Waals surface area contributed by atoms with Crippen molar-refractivity contribution in [3.05, 3.63) is 101 Å². The Balaban J connectivity index is 1.59. The van der Waals surface area contributed by atoms with Gasteiger partial charge in [0.25, 0.3) is 5.69 Å². The average Bonchev–Trinajstić information content (AvgIpc) is 3.53. The number of rotatable bonds is 8. The highest BCUT2D eigenvalue weighted by Gasteiger charge is 2.43. The highest BCUT2D eigenvalue weighted by Crippen LogP contribution is 2.44. The van der Waals surface area contributed by atoms with Gasteiger partial charge in [0, 0.05) is 29.6 Å². The quantitative estimate of drug-likeness (QED) is 0.174. The number of methoxy groups -OCH3 is 1. The van der Waals surface area contributed by atoms with Gasteiger partial charge < -0.3 is 19.4 Å². The molecule has 1 aliphatic heterocycles. The van der Waals surface area contributed by atoms with Crippen molar-refractivity contribution in [2.45, 2.75) is 12.1 Å². The number of nitro benzene ring substituents is 1. The first kappa shape index (κ1) is 26.1. The molecule has 0 saturated carbocycles. The molecule has 0 aliphatic carbocycles. The normalized spacial score (nSPS) is 17.1. The van der Waals surface area contributed by atoms with Crippen LogP contribution in [0.1, 0.15) is 23.5 Å². The molecule has 0 spiro atoms. The van der Waals surface area contributed by atoms with Crippen molar-refractivity contribution in [3.63, 3.8) is 0 Å². The van der Waals surface area contributed by atoms with E-state index in [1.54, 1.807) is 42.6 Å². The Kier molecular flexibility index (Phi) is 6.93. The number of ether oxygens (including phenoxy) is 1. The summed E-state index contributed by atoms with van der Waals surface area (Å²) in [6.07, 6.45) is 2.75. The van der Waals surface area contributed by atoms with Crippen LogP contribution in [-0.2, 0) is 10.0 Å². The summed E-state index contributed by atoms with van der Waals surface area (Å²) in [6, 6.07) is 19.4. The van der Waals surface area contributed by atoms with Gasteiger partial charge >= 0.3 is 0 Å². The maximum absolute atomic E-state index is 12.0. The number of furan rings is 1. The molecule has 1 aliphatic rings. The number of aromatic nitrogens is 1. The van der Waals surface area contributed by atoms with Gasteiger partial charge in [-0.05, 0) is 66.8 Å². The molecule has 2 aromatic heterocycles. The van der Waals surface area contributed by atoms with Crippen molar-refractivity contribution in [2.24, 2.45) is 0 Å². The zero-order chi connectivity index (χ0) is 27.7. The van der Waals surface area contributed by atoms with Crippen LogP contribution in [0.25, 0.3) is 11.3 Å². The van der Waals surface area contributed by atoms with Crippen LogP contribution in [0.5, 0.6) is 5.75 Å². The summed E-state index contributed by atoms with van der Waals surface area (Å²) in [5, 5.41) is 14.8. The fourth-order valence-electron chi connectivity index (χ4n) is 4.46. The second-order valence-corrected chi connectivity index (χ2v) is 10.9. The molecule has 2 atom stereocenters. The number of anilines is 2. The molecule has 2 N–H and O–H groups in total. The van der Waals surface area contributed by atoms with Gasteiger partial charge in [-0.15, -0.1) is 0 Å². The highest BCUT2D eigenvalue weighted by atomic mass is 32.2. The van der Waals surface area contributed by atoms with Gasteiger partial charge in [0.05, 0.1) is 35.7 Å². The Hall–Kier alpha value is -4.49. The minimum Gasteiger partial charge on any atom is -0.495 e. The van der Waals surface area contributed by atoms with E-state index in [-0.39, 0.29) is 11.4 Å². The molecule has 1 saturated heterocycles. The summed E-state index contributed by atoms with van der Waals surface area (Å²) in [4.78, 5) is 16.9. The summed E-state index contributed by atoms with van der Waals surface area (Å²) >= 11 is 5.74. The third-order valence-electron chi connectivity index (χ3n) is 6.14.